The molecular weight excluding hydrogens is 252 g/mol. The molecule has 0 saturated heterocycles. The van der Waals surface area contributed by atoms with E-state index in [2.05, 4.69) is 15.0 Å². The van der Waals surface area contributed by atoms with Crippen molar-refractivity contribution >= 4 is 17.1 Å². The van der Waals surface area contributed by atoms with Crippen LogP contribution in [0.2, 0.25) is 0 Å². The van der Waals surface area contributed by atoms with Crippen LogP contribution in [0, 0.1) is 0 Å². The molecule has 0 atom stereocenters. The summed E-state index contributed by atoms with van der Waals surface area (Å²) in [6, 6.07) is 5.47. The van der Waals surface area contributed by atoms with Gasteiger partial charge in [-0.05, 0) is 18.2 Å². The van der Waals surface area contributed by atoms with Gasteiger partial charge in [0.25, 0.3) is 17.1 Å². The lowest BCUT2D eigenvalue weighted by atomic mass is 10.2. The number of fused-ring (bicyclic) bond motifs is 7. The van der Waals surface area contributed by atoms with Crippen molar-refractivity contribution in [2.45, 2.75) is 6.54 Å². The summed E-state index contributed by atoms with van der Waals surface area (Å²) < 4.78 is 29.0. The zero-order valence-corrected chi connectivity index (χ0v) is 10.4. The predicted octanol–water partition coefficient (Wildman–Crippen LogP) is 0.932. The molecular formula is C14H11N6+. The van der Waals surface area contributed by atoms with Crippen LogP contribution in [0.15, 0.2) is 36.8 Å². The van der Waals surface area contributed by atoms with Crippen molar-refractivity contribution in [3.63, 3.8) is 0 Å². The molecule has 0 saturated carbocycles. The smallest absolute Gasteiger partial charge is 0.257 e. The molecule has 0 bridgehead atoms. The van der Waals surface area contributed by atoms with Gasteiger partial charge in [0, 0.05) is 12.4 Å². The maximum Gasteiger partial charge on any atom is 0.299 e. The van der Waals surface area contributed by atoms with E-state index < -0.39 is 6.98 Å². The lowest BCUT2D eigenvalue weighted by Crippen LogP contribution is -2.30. The maximum absolute atomic E-state index is 8.00. The monoisotopic (exact) mass is 266 g/mol. The molecule has 0 spiro atoms. The molecule has 0 radical (unpaired) electrons. The quantitative estimate of drug-likeness (QED) is 0.392. The van der Waals surface area contributed by atoms with Crippen LogP contribution in [0.4, 0.5) is 0 Å². The van der Waals surface area contributed by atoms with Crippen molar-refractivity contribution in [2.75, 3.05) is 0 Å². The summed E-state index contributed by atoms with van der Waals surface area (Å²) in [4.78, 5) is 13.1. The average Bonchev–Trinajstić information content (AvgIpc) is 3.13. The first-order valence-corrected chi connectivity index (χ1v) is 6.28. The number of hydrogen-bond donors (Lipinski definition) is 0. The van der Waals surface area contributed by atoms with Gasteiger partial charge in [-0.3, -0.25) is 4.98 Å². The second kappa shape index (κ2) is 3.22. The number of aryl methyl sites for hydroxylation is 1. The Morgan fingerprint density at radius 3 is 3.20 bits per heavy atom. The van der Waals surface area contributed by atoms with Gasteiger partial charge in [0.15, 0.2) is 0 Å². The molecule has 5 heterocycles. The SMILES string of the molecule is [2H]C([2H])([2H])[n+]1c2n(c3nc4ncccn4c31)Cc1ncccc1-2. The van der Waals surface area contributed by atoms with Gasteiger partial charge in [0.2, 0.25) is 5.82 Å². The van der Waals surface area contributed by atoms with E-state index in [-0.39, 0.29) is 0 Å². The second-order valence-electron chi connectivity index (χ2n) is 4.79. The minimum atomic E-state index is -2.33. The molecule has 96 valence electrons. The van der Waals surface area contributed by atoms with Crippen molar-refractivity contribution < 1.29 is 8.68 Å². The molecule has 0 aromatic carbocycles. The number of imidazole rings is 2. The molecule has 1 aliphatic heterocycles. The van der Waals surface area contributed by atoms with Gasteiger partial charge in [-0.25, -0.2) is 14.1 Å². The van der Waals surface area contributed by atoms with E-state index in [4.69, 9.17) is 4.11 Å². The molecule has 6 heteroatoms. The van der Waals surface area contributed by atoms with Gasteiger partial charge in [0.1, 0.15) is 6.54 Å². The number of hydrogen-bond acceptors (Lipinski definition) is 3. The van der Waals surface area contributed by atoms with Crippen molar-refractivity contribution in [1.29, 1.82) is 0 Å². The lowest BCUT2D eigenvalue weighted by Gasteiger charge is -1.96. The van der Waals surface area contributed by atoms with Crippen LogP contribution in [0.25, 0.3) is 28.5 Å². The van der Waals surface area contributed by atoms with Crippen molar-refractivity contribution in [3.05, 3.63) is 42.5 Å². The Balaban J connectivity index is 2.01. The van der Waals surface area contributed by atoms with Gasteiger partial charge in [-0.2, -0.15) is 9.38 Å². The third-order valence-corrected chi connectivity index (χ3v) is 3.73. The first-order chi connectivity index (χ1) is 11.1. The summed E-state index contributed by atoms with van der Waals surface area (Å²) in [6.07, 6.45) is 5.13. The normalized spacial score (nSPS) is 15.9. The summed E-state index contributed by atoms with van der Waals surface area (Å²) in [5, 5.41) is 0. The molecule has 6 nitrogen and oxygen atoms in total. The molecule has 0 aliphatic carbocycles. The highest BCUT2D eigenvalue weighted by Gasteiger charge is 2.34. The summed E-state index contributed by atoms with van der Waals surface area (Å²) in [7, 11) is 0. The number of aromatic nitrogens is 6. The number of nitrogens with zero attached hydrogens (tertiary/aromatic N) is 6. The van der Waals surface area contributed by atoms with Gasteiger partial charge in [-0.15, -0.1) is 0 Å². The third kappa shape index (κ3) is 1.01. The largest absolute Gasteiger partial charge is 0.299 e. The fourth-order valence-corrected chi connectivity index (χ4v) is 2.91. The Morgan fingerprint density at radius 2 is 2.25 bits per heavy atom. The molecule has 5 rings (SSSR count). The molecule has 4 aromatic heterocycles. The van der Waals surface area contributed by atoms with Crippen LogP contribution in [-0.2, 0) is 13.5 Å². The molecule has 0 N–H and O–H groups in total. The van der Waals surface area contributed by atoms with Crippen LogP contribution in [-0.4, -0.2) is 23.9 Å². The zero-order valence-electron chi connectivity index (χ0n) is 13.4. The fraction of sp³-hybridized carbons (Fsp3) is 0.143. The fourth-order valence-electron chi connectivity index (χ4n) is 2.91. The van der Waals surface area contributed by atoms with Crippen molar-refractivity contribution in [1.82, 2.24) is 23.9 Å². The highest BCUT2D eigenvalue weighted by molar-refractivity contribution is 5.76. The Kier molecular flexibility index (Phi) is 1.24. The van der Waals surface area contributed by atoms with Crippen molar-refractivity contribution in [2.24, 2.45) is 6.98 Å². The van der Waals surface area contributed by atoms with Crippen LogP contribution in [0.3, 0.4) is 0 Å². The molecule has 0 amide bonds. The van der Waals surface area contributed by atoms with E-state index >= 15 is 0 Å². The highest BCUT2D eigenvalue weighted by Crippen LogP contribution is 2.31. The number of rotatable bonds is 0. The predicted molar refractivity (Wildman–Crippen MR) is 72.0 cm³/mol. The highest BCUT2D eigenvalue weighted by atomic mass is 15.3. The summed E-state index contributed by atoms with van der Waals surface area (Å²) in [6.45, 7) is -1.82. The van der Waals surface area contributed by atoms with Crippen LogP contribution < -0.4 is 4.57 Å². The Hall–Kier alpha value is -2.76. The summed E-state index contributed by atoms with van der Waals surface area (Å²) in [5.74, 6) is 1.10. The first kappa shape index (κ1) is 7.74. The van der Waals surface area contributed by atoms with Crippen LogP contribution >= 0.6 is 0 Å². The minimum Gasteiger partial charge on any atom is -0.257 e. The lowest BCUT2D eigenvalue weighted by molar-refractivity contribution is -0.636. The van der Waals surface area contributed by atoms with E-state index in [0.717, 1.165) is 11.3 Å². The first-order valence-electron chi connectivity index (χ1n) is 7.78. The van der Waals surface area contributed by atoms with E-state index in [1.807, 2.05) is 16.7 Å². The minimum absolute atomic E-state index is 0.481. The zero-order chi connectivity index (χ0) is 15.8. The standard InChI is InChI=1S/C14H11N6/c1-18-12-9-4-2-5-15-10(9)8-20(12)11-13(18)19-7-3-6-16-14(19)17-11/h2-7H,8H2,1H3/q+1/i1D3. The number of pyridine rings is 1. The van der Waals surface area contributed by atoms with Gasteiger partial charge in [-0.1, -0.05) is 0 Å². The third-order valence-electron chi connectivity index (χ3n) is 3.73. The van der Waals surface area contributed by atoms with E-state index in [9.17, 15) is 0 Å². The summed E-state index contributed by atoms with van der Waals surface area (Å²) >= 11 is 0. The van der Waals surface area contributed by atoms with E-state index in [1.165, 1.54) is 4.57 Å². The van der Waals surface area contributed by atoms with Crippen molar-refractivity contribution in [3.8, 4) is 11.4 Å². The molecule has 0 fully saturated rings. The van der Waals surface area contributed by atoms with E-state index in [0.29, 0.717) is 29.4 Å². The van der Waals surface area contributed by atoms with Gasteiger partial charge < -0.3 is 0 Å². The summed E-state index contributed by atoms with van der Waals surface area (Å²) in [5.41, 5.74) is 2.82. The molecule has 20 heavy (non-hydrogen) atoms. The Labute approximate surface area is 118 Å². The Morgan fingerprint density at radius 1 is 1.30 bits per heavy atom. The topological polar surface area (TPSA) is 51.9 Å². The maximum atomic E-state index is 8.00. The van der Waals surface area contributed by atoms with Crippen LogP contribution in [0.1, 0.15) is 9.81 Å². The average molecular weight is 266 g/mol. The van der Waals surface area contributed by atoms with Gasteiger partial charge in [0.05, 0.1) is 28.5 Å². The molecule has 1 aliphatic rings. The second-order valence-corrected chi connectivity index (χ2v) is 4.79. The molecule has 4 aromatic rings. The van der Waals surface area contributed by atoms with Gasteiger partial charge >= 0.3 is 0 Å². The van der Waals surface area contributed by atoms with E-state index in [1.54, 1.807) is 29.1 Å². The molecule has 0 unspecified atom stereocenters. The Bertz CT molecular complexity index is 1090. The van der Waals surface area contributed by atoms with Crippen LogP contribution in [0.5, 0.6) is 0 Å².